The molecule has 4 aromatic rings. The lowest BCUT2D eigenvalue weighted by Crippen LogP contribution is -2.45. The van der Waals surface area contributed by atoms with Gasteiger partial charge in [-0.1, -0.05) is 19.3 Å². The molecule has 0 radical (unpaired) electrons. The van der Waals surface area contributed by atoms with Crippen molar-refractivity contribution in [1.29, 1.82) is 0 Å². The number of imidazole rings is 1. The molecule has 2 fully saturated rings. The van der Waals surface area contributed by atoms with Gasteiger partial charge in [-0.15, -0.1) is 0 Å². The molecule has 2 aliphatic rings. The zero-order valence-corrected chi connectivity index (χ0v) is 20.1. The number of nitrogens with one attached hydrogen (secondary N) is 1. The fourth-order valence-electron chi connectivity index (χ4n) is 5.43. The summed E-state index contributed by atoms with van der Waals surface area (Å²) in [4.78, 5) is 28.8. The molecular weight excluding hydrogens is 459 g/mol. The Hall–Kier alpha value is -3.75. The summed E-state index contributed by atoms with van der Waals surface area (Å²) in [5.74, 6) is 1.22. The van der Waals surface area contributed by atoms with Crippen LogP contribution in [0.15, 0.2) is 53.4 Å². The molecular formula is C27H29FN6O2. The minimum Gasteiger partial charge on any atom is -0.432 e. The van der Waals surface area contributed by atoms with Gasteiger partial charge >= 0.3 is 5.84 Å². The van der Waals surface area contributed by atoms with Gasteiger partial charge in [0, 0.05) is 43.0 Å². The van der Waals surface area contributed by atoms with Crippen molar-refractivity contribution in [3.8, 4) is 22.6 Å². The van der Waals surface area contributed by atoms with Crippen LogP contribution >= 0.6 is 0 Å². The summed E-state index contributed by atoms with van der Waals surface area (Å²) in [7, 11) is 0. The molecule has 36 heavy (non-hydrogen) atoms. The SMILES string of the molecule is O=C(C1CCCCC1)N1CCC(Nc2nccc(-c3c(-c4ccc(F)cc4)nc4occn34)n2)CC1. The number of carbonyl (C=O) groups is 1. The Morgan fingerprint density at radius 2 is 1.78 bits per heavy atom. The van der Waals surface area contributed by atoms with Gasteiger partial charge in [0.2, 0.25) is 11.9 Å². The Morgan fingerprint density at radius 3 is 2.56 bits per heavy atom. The van der Waals surface area contributed by atoms with Crippen molar-refractivity contribution in [2.75, 3.05) is 18.4 Å². The number of nitrogens with zero attached hydrogens (tertiary/aromatic N) is 5. The number of fused-ring (bicyclic) bond motifs is 1. The van der Waals surface area contributed by atoms with Gasteiger partial charge in [-0.05, 0) is 56.0 Å². The van der Waals surface area contributed by atoms with E-state index in [0.29, 0.717) is 29.1 Å². The Labute approximate surface area is 208 Å². The van der Waals surface area contributed by atoms with Crippen molar-refractivity contribution >= 4 is 17.7 Å². The van der Waals surface area contributed by atoms with Crippen LogP contribution in [0.5, 0.6) is 0 Å². The first-order chi connectivity index (χ1) is 17.7. The van der Waals surface area contributed by atoms with E-state index >= 15 is 0 Å². The standard InChI is InChI=1S/C27H29FN6O2/c28-20-8-6-18(7-9-20)23-24(34-16-17-36-27(34)32-23)22-10-13-29-26(31-22)30-21-11-14-33(15-12-21)25(35)19-4-2-1-3-5-19/h6-10,13,16-17,19,21H,1-5,11-12,14-15H2,(H,29,30,31). The van der Waals surface area contributed by atoms with E-state index in [9.17, 15) is 9.18 Å². The van der Waals surface area contributed by atoms with Gasteiger partial charge in [0.15, 0.2) is 0 Å². The third kappa shape index (κ3) is 4.45. The second kappa shape index (κ2) is 9.72. The van der Waals surface area contributed by atoms with Crippen LogP contribution in [0.1, 0.15) is 44.9 Å². The smallest absolute Gasteiger partial charge is 0.306 e. The molecule has 1 aliphatic carbocycles. The average Bonchev–Trinajstić information content (AvgIpc) is 3.52. The van der Waals surface area contributed by atoms with E-state index in [0.717, 1.165) is 50.0 Å². The second-order valence-electron chi connectivity index (χ2n) is 9.72. The number of benzene rings is 1. The van der Waals surface area contributed by atoms with Gasteiger partial charge in [-0.2, -0.15) is 4.98 Å². The molecule has 4 heterocycles. The molecule has 0 atom stereocenters. The third-order valence-electron chi connectivity index (χ3n) is 7.37. The molecule has 1 aromatic carbocycles. The summed E-state index contributed by atoms with van der Waals surface area (Å²) in [6.45, 7) is 1.53. The molecule has 0 unspecified atom stereocenters. The van der Waals surface area contributed by atoms with Crippen molar-refractivity contribution in [2.24, 2.45) is 5.92 Å². The predicted molar refractivity (Wildman–Crippen MR) is 134 cm³/mol. The average molecular weight is 489 g/mol. The van der Waals surface area contributed by atoms with E-state index in [1.807, 2.05) is 15.4 Å². The van der Waals surface area contributed by atoms with Crippen molar-refractivity contribution in [3.63, 3.8) is 0 Å². The van der Waals surface area contributed by atoms with Crippen molar-refractivity contribution < 1.29 is 13.6 Å². The van der Waals surface area contributed by atoms with Crippen LogP contribution in [0.4, 0.5) is 10.3 Å². The first-order valence-corrected chi connectivity index (χ1v) is 12.8. The maximum Gasteiger partial charge on any atom is 0.306 e. The first-order valence-electron chi connectivity index (χ1n) is 12.8. The van der Waals surface area contributed by atoms with Crippen LogP contribution in [0.25, 0.3) is 28.5 Å². The van der Waals surface area contributed by atoms with Crippen molar-refractivity contribution in [1.82, 2.24) is 24.3 Å². The van der Waals surface area contributed by atoms with Crippen molar-refractivity contribution in [3.05, 3.63) is 54.8 Å². The summed E-state index contributed by atoms with van der Waals surface area (Å²) >= 11 is 0. The zero-order chi connectivity index (χ0) is 24.5. The number of hydrogen-bond donors (Lipinski definition) is 1. The highest BCUT2D eigenvalue weighted by Gasteiger charge is 2.29. The number of hydrogen-bond acceptors (Lipinski definition) is 6. The lowest BCUT2D eigenvalue weighted by Gasteiger charge is -2.35. The quantitative estimate of drug-likeness (QED) is 0.417. The van der Waals surface area contributed by atoms with Gasteiger partial charge in [-0.3, -0.25) is 9.20 Å². The number of piperidine rings is 1. The van der Waals surface area contributed by atoms with Crippen LogP contribution in [0, 0.1) is 11.7 Å². The summed E-state index contributed by atoms with van der Waals surface area (Å²) in [5, 5.41) is 3.47. The Morgan fingerprint density at radius 1 is 1.00 bits per heavy atom. The number of aromatic nitrogens is 4. The topological polar surface area (TPSA) is 88.6 Å². The molecule has 9 heteroatoms. The number of carbonyl (C=O) groups excluding carboxylic acids is 1. The molecule has 8 nitrogen and oxygen atoms in total. The highest BCUT2D eigenvalue weighted by atomic mass is 19.1. The fourth-order valence-corrected chi connectivity index (χ4v) is 5.43. The van der Waals surface area contributed by atoms with E-state index in [-0.39, 0.29) is 17.8 Å². The normalized spacial score (nSPS) is 17.5. The Bertz CT molecular complexity index is 1350. The van der Waals surface area contributed by atoms with Crippen LogP contribution in [0.3, 0.4) is 0 Å². The van der Waals surface area contributed by atoms with E-state index in [1.165, 1.54) is 31.4 Å². The van der Waals surface area contributed by atoms with Crippen LogP contribution in [0.2, 0.25) is 0 Å². The van der Waals surface area contributed by atoms with Gasteiger partial charge < -0.3 is 14.6 Å². The zero-order valence-electron chi connectivity index (χ0n) is 20.1. The summed E-state index contributed by atoms with van der Waals surface area (Å²) in [6.07, 6.45) is 12.5. The van der Waals surface area contributed by atoms with E-state index in [2.05, 4.69) is 15.3 Å². The Kier molecular flexibility index (Phi) is 6.13. The molecule has 1 N–H and O–H groups in total. The van der Waals surface area contributed by atoms with Gasteiger partial charge in [-0.25, -0.2) is 14.4 Å². The number of rotatable bonds is 5. The maximum atomic E-state index is 13.5. The summed E-state index contributed by atoms with van der Waals surface area (Å²) in [6, 6.07) is 8.26. The lowest BCUT2D eigenvalue weighted by molar-refractivity contribution is -0.137. The molecule has 0 spiro atoms. The van der Waals surface area contributed by atoms with Crippen LogP contribution in [-0.4, -0.2) is 49.3 Å². The number of oxazole rings is 1. The van der Waals surface area contributed by atoms with Crippen LogP contribution < -0.4 is 5.32 Å². The predicted octanol–water partition coefficient (Wildman–Crippen LogP) is 5.17. The highest BCUT2D eigenvalue weighted by Crippen LogP contribution is 2.33. The van der Waals surface area contributed by atoms with Gasteiger partial charge in [0.1, 0.15) is 23.5 Å². The van der Waals surface area contributed by atoms with E-state index < -0.39 is 0 Å². The third-order valence-corrected chi connectivity index (χ3v) is 7.37. The number of halogens is 1. The molecule has 0 bridgehead atoms. The number of anilines is 1. The minimum absolute atomic E-state index is 0.201. The molecule has 1 amide bonds. The highest BCUT2D eigenvalue weighted by molar-refractivity contribution is 5.80. The lowest BCUT2D eigenvalue weighted by atomic mass is 9.87. The summed E-state index contributed by atoms with van der Waals surface area (Å²) in [5.41, 5.74) is 2.87. The van der Waals surface area contributed by atoms with Gasteiger partial charge in [0.05, 0.1) is 5.69 Å². The number of likely N-dealkylation sites (tertiary alicyclic amines) is 1. The Balaban J connectivity index is 1.19. The summed E-state index contributed by atoms with van der Waals surface area (Å²) < 4.78 is 20.9. The molecule has 186 valence electrons. The minimum atomic E-state index is -0.303. The molecule has 1 saturated heterocycles. The van der Waals surface area contributed by atoms with Gasteiger partial charge in [0.25, 0.3) is 0 Å². The number of amides is 1. The molecule has 1 saturated carbocycles. The monoisotopic (exact) mass is 488 g/mol. The van der Waals surface area contributed by atoms with Crippen molar-refractivity contribution in [2.45, 2.75) is 51.0 Å². The largest absolute Gasteiger partial charge is 0.432 e. The second-order valence-corrected chi connectivity index (χ2v) is 9.72. The van der Waals surface area contributed by atoms with Crippen LogP contribution in [-0.2, 0) is 4.79 Å². The molecule has 3 aromatic heterocycles. The molecule has 1 aliphatic heterocycles. The van der Waals surface area contributed by atoms with E-state index in [1.54, 1.807) is 30.8 Å². The first kappa shape index (κ1) is 22.7. The van der Waals surface area contributed by atoms with E-state index in [4.69, 9.17) is 9.40 Å². The maximum absolute atomic E-state index is 13.5. The molecule has 6 rings (SSSR count). The fraction of sp³-hybridized carbons (Fsp3) is 0.407.